The quantitative estimate of drug-likeness (QED) is 0.896. The van der Waals surface area contributed by atoms with E-state index in [0.717, 1.165) is 35.5 Å². The molecule has 0 aliphatic carbocycles. The zero-order chi connectivity index (χ0) is 13.9. The Morgan fingerprint density at radius 1 is 1.25 bits per heavy atom. The normalized spacial score (nSPS) is 14.5. The first kappa shape index (κ1) is 13.0. The fraction of sp³-hybridized carbons (Fsp3) is 0.294. The van der Waals surface area contributed by atoms with Gasteiger partial charge in [0.15, 0.2) is 0 Å². The van der Waals surface area contributed by atoms with Crippen LogP contribution in [-0.4, -0.2) is 18.8 Å². The van der Waals surface area contributed by atoms with Gasteiger partial charge in [-0.25, -0.2) is 0 Å². The molecular formula is C17H19NO2. The second-order valence-electron chi connectivity index (χ2n) is 5.13. The summed E-state index contributed by atoms with van der Waals surface area (Å²) < 4.78 is 5.22. The molecule has 1 atom stereocenters. The van der Waals surface area contributed by atoms with Gasteiger partial charge in [0, 0.05) is 24.2 Å². The molecule has 0 spiro atoms. The Kier molecular flexibility index (Phi) is 3.61. The van der Waals surface area contributed by atoms with Crippen LogP contribution in [0.25, 0.3) is 0 Å². The summed E-state index contributed by atoms with van der Waals surface area (Å²) in [6, 6.07) is 14.0. The second kappa shape index (κ2) is 5.55. The number of aliphatic hydroxyl groups excluding tert-OH is 1. The zero-order valence-corrected chi connectivity index (χ0v) is 11.6. The van der Waals surface area contributed by atoms with Gasteiger partial charge in [-0.05, 0) is 29.7 Å². The number of hydrogen-bond acceptors (Lipinski definition) is 3. The molecule has 1 aliphatic heterocycles. The van der Waals surface area contributed by atoms with Crippen LogP contribution < -0.4 is 10.1 Å². The first-order chi connectivity index (χ1) is 9.78. The van der Waals surface area contributed by atoms with Crippen LogP contribution in [0.5, 0.6) is 5.75 Å². The predicted molar refractivity (Wildman–Crippen MR) is 80.3 cm³/mol. The van der Waals surface area contributed by atoms with Gasteiger partial charge >= 0.3 is 0 Å². The topological polar surface area (TPSA) is 41.5 Å². The van der Waals surface area contributed by atoms with Gasteiger partial charge in [0.05, 0.1) is 13.2 Å². The number of para-hydroxylation sites is 1. The van der Waals surface area contributed by atoms with Crippen molar-refractivity contribution in [3.63, 3.8) is 0 Å². The van der Waals surface area contributed by atoms with Crippen molar-refractivity contribution in [1.29, 1.82) is 0 Å². The lowest BCUT2D eigenvalue weighted by Gasteiger charge is -2.16. The maximum Gasteiger partial charge on any atom is 0.119 e. The molecule has 2 N–H and O–H groups in total. The molecule has 3 heteroatoms. The molecule has 0 amide bonds. The molecule has 20 heavy (non-hydrogen) atoms. The van der Waals surface area contributed by atoms with Crippen LogP contribution in [-0.2, 0) is 12.8 Å². The van der Waals surface area contributed by atoms with Crippen molar-refractivity contribution in [3.8, 4) is 5.75 Å². The Hall–Kier alpha value is -2.00. The minimum Gasteiger partial charge on any atom is -0.497 e. The van der Waals surface area contributed by atoms with Gasteiger partial charge in [0.25, 0.3) is 0 Å². The van der Waals surface area contributed by atoms with Crippen LogP contribution >= 0.6 is 0 Å². The molecule has 0 aromatic heterocycles. The lowest BCUT2D eigenvalue weighted by atomic mass is 9.98. The van der Waals surface area contributed by atoms with Crippen molar-refractivity contribution >= 4 is 5.69 Å². The maximum absolute atomic E-state index is 10.5. The van der Waals surface area contributed by atoms with Gasteiger partial charge in [-0.3, -0.25) is 0 Å². The van der Waals surface area contributed by atoms with E-state index in [1.807, 2.05) is 36.4 Å². The van der Waals surface area contributed by atoms with E-state index in [0.29, 0.717) is 6.42 Å². The van der Waals surface area contributed by atoms with Gasteiger partial charge in [-0.1, -0.05) is 30.3 Å². The van der Waals surface area contributed by atoms with Gasteiger partial charge in [0.1, 0.15) is 5.75 Å². The summed E-state index contributed by atoms with van der Waals surface area (Å²) in [4.78, 5) is 0. The van der Waals surface area contributed by atoms with E-state index in [4.69, 9.17) is 4.74 Å². The van der Waals surface area contributed by atoms with E-state index in [2.05, 4.69) is 11.4 Å². The molecule has 0 saturated heterocycles. The molecule has 2 aromatic carbocycles. The molecule has 0 radical (unpaired) electrons. The molecule has 0 saturated carbocycles. The first-order valence-electron chi connectivity index (χ1n) is 6.94. The van der Waals surface area contributed by atoms with Crippen molar-refractivity contribution in [2.24, 2.45) is 0 Å². The summed E-state index contributed by atoms with van der Waals surface area (Å²) in [5.74, 6) is 0.825. The highest BCUT2D eigenvalue weighted by Gasteiger charge is 2.19. The number of methoxy groups -OCH3 is 1. The molecule has 1 heterocycles. The lowest BCUT2D eigenvalue weighted by Crippen LogP contribution is -2.05. The standard InChI is InChI=1S/C17H19NO2/c1-20-14-6-2-4-12(10-14)11-16(19)15-7-3-5-13-8-9-18-17(13)15/h2-7,10,16,18-19H,8-9,11H2,1H3. The number of nitrogens with one attached hydrogen (secondary N) is 1. The second-order valence-corrected chi connectivity index (χ2v) is 5.13. The fourth-order valence-electron chi connectivity index (χ4n) is 2.78. The van der Waals surface area contributed by atoms with E-state index in [-0.39, 0.29) is 0 Å². The predicted octanol–water partition coefficient (Wildman–Crippen LogP) is 2.94. The van der Waals surface area contributed by atoms with Crippen molar-refractivity contribution in [2.45, 2.75) is 18.9 Å². The summed E-state index contributed by atoms with van der Waals surface area (Å²) in [6.07, 6.45) is 1.13. The third kappa shape index (κ3) is 2.49. The Morgan fingerprint density at radius 2 is 2.10 bits per heavy atom. The minimum atomic E-state index is -0.498. The van der Waals surface area contributed by atoms with Gasteiger partial charge in [-0.2, -0.15) is 0 Å². The number of hydrogen-bond donors (Lipinski definition) is 2. The molecule has 0 bridgehead atoms. The third-order valence-electron chi connectivity index (χ3n) is 3.80. The van der Waals surface area contributed by atoms with Gasteiger partial charge < -0.3 is 15.2 Å². The number of ether oxygens (including phenoxy) is 1. The highest BCUT2D eigenvalue weighted by atomic mass is 16.5. The Labute approximate surface area is 119 Å². The summed E-state index contributed by atoms with van der Waals surface area (Å²) in [7, 11) is 1.66. The Balaban J connectivity index is 1.83. The van der Waals surface area contributed by atoms with Gasteiger partial charge in [0.2, 0.25) is 0 Å². The molecule has 104 valence electrons. The number of aliphatic hydroxyl groups is 1. The van der Waals surface area contributed by atoms with E-state index in [9.17, 15) is 5.11 Å². The largest absolute Gasteiger partial charge is 0.497 e. The lowest BCUT2D eigenvalue weighted by molar-refractivity contribution is 0.179. The van der Waals surface area contributed by atoms with Crippen LogP contribution in [0.1, 0.15) is 22.8 Å². The Bertz CT molecular complexity index is 610. The van der Waals surface area contributed by atoms with Gasteiger partial charge in [-0.15, -0.1) is 0 Å². The number of benzene rings is 2. The van der Waals surface area contributed by atoms with Crippen molar-refractivity contribution in [3.05, 3.63) is 59.2 Å². The molecular weight excluding hydrogens is 250 g/mol. The van der Waals surface area contributed by atoms with Crippen LogP contribution in [0.2, 0.25) is 0 Å². The molecule has 2 aromatic rings. The molecule has 0 fully saturated rings. The third-order valence-corrected chi connectivity index (χ3v) is 3.80. The molecule has 3 rings (SSSR count). The first-order valence-corrected chi connectivity index (χ1v) is 6.94. The van der Waals surface area contributed by atoms with E-state index >= 15 is 0 Å². The number of anilines is 1. The average Bonchev–Trinajstić information content (AvgIpc) is 2.95. The van der Waals surface area contributed by atoms with E-state index in [1.165, 1.54) is 5.56 Å². The van der Waals surface area contributed by atoms with E-state index < -0.39 is 6.10 Å². The highest BCUT2D eigenvalue weighted by molar-refractivity contribution is 5.62. The number of rotatable bonds is 4. The Morgan fingerprint density at radius 3 is 2.95 bits per heavy atom. The zero-order valence-electron chi connectivity index (χ0n) is 11.6. The van der Waals surface area contributed by atoms with Crippen LogP contribution in [0.4, 0.5) is 5.69 Å². The fourth-order valence-corrected chi connectivity index (χ4v) is 2.78. The van der Waals surface area contributed by atoms with Crippen LogP contribution in [0.3, 0.4) is 0 Å². The van der Waals surface area contributed by atoms with Crippen LogP contribution in [0, 0.1) is 0 Å². The van der Waals surface area contributed by atoms with Crippen molar-refractivity contribution < 1.29 is 9.84 Å². The van der Waals surface area contributed by atoms with Crippen molar-refractivity contribution in [1.82, 2.24) is 0 Å². The maximum atomic E-state index is 10.5. The molecule has 3 nitrogen and oxygen atoms in total. The summed E-state index contributed by atoms with van der Waals surface area (Å²) in [5, 5.41) is 13.9. The number of fused-ring (bicyclic) bond motifs is 1. The smallest absolute Gasteiger partial charge is 0.119 e. The minimum absolute atomic E-state index is 0.498. The summed E-state index contributed by atoms with van der Waals surface area (Å²) in [5.41, 5.74) is 4.48. The summed E-state index contributed by atoms with van der Waals surface area (Å²) in [6.45, 7) is 0.957. The average molecular weight is 269 g/mol. The van der Waals surface area contributed by atoms with E-state index in [1.54, 1.807) is 7.11 Å². The monoisotopic (exact) mass is 269 g/mol. The highest BCUT2D eigenvalue weighted by Crippen LogP contribution is 2.32. The van der Waals surface area contributed by atoms with Crippen LogP contribution in [0.15, 0.2) is 42.5 Å². The SMILES string of the molecule is COc1cccc(CC(O)c2cccc3c2NCC3)c1. The van der Waals surface area contributed by atoms with Crippen molar-refractivity contribution in [2.75, 3.05) is 19.0 Å². The molecule has 1 aliphatic rings. The summed E-state index contributed by atoms with van der Waals surface area (Å²) >= 11 is 0. The molecule has 1 unspecified atom stereocenters.